The van der Waals surface area contributed by atoms with Gasteiger partial charge in [-0.15, -0.1) is 0 Å². The Bertz CT molecular complexity index is 843. The highest BCUT2D eigenvalue weighted by Gasteiger charge is 2.13. The highest BCUT2D eigenvalue weighted by Crippen LogP contribution is 2.12. The number of hydrogen-bond donors (Lipinski definition) is 0. The zero-order valence-electron chi connectivity index (χ0n) is 13.0. The van der Waals surface area contributed by atoms with Gasteiger partial charge in [0.1, 0.15) is 11.5 Å². The van der Waals surface area contributed by atoms with E-state index in [1.165, 1.54) is 23.8 Å². The first kappa shape index (κ1) is 16.0. The Balaban J connectivity index is 1.53. The number of para-hydroxylation sites is 1. The molecule has 0 spiro atoms. The van der Waals surface area contributed by atoms with Crippen LogP contribution in [0.5, 0.6) is 6.08 Å². The molecule has 0 fully saturated rings. The quantitative estimate of drug-likeness (QED) is 0.624. The molecule has 0 unspecified atom stereocenters. The smallest absolute Gasteiger partial charge is 0.444 e. The molecule has 0 saturated carbocycles. The minimum absolute atomic E-state index is 0.0326. The van der Waals surface area contributed by atoms with Crippen LogP contribution in [0.2, 0.25) is 0 Å². The number of rotatable bonds is 7. The molecule has 0 amide bonds. The van der Waals surface area contributed by atoms with Gasteiger partial charge < -0.3 is 9.15 Å². The number of ether oxygens (including phenoxy) is 1. The molecule has 6 heteroatoms. The Morgan fingerprint density at radius 2 is 1.79 bits per heavy atom. The average Bonchev–Trinajstić information content (AvgIpc) is 2.96. The third-order valence-corrected chi connectivity index (χ3v) is 3.54. The molecule has 0 N–H and O–H groups in total. The second-order valence-electron chi connectivity index (χ2n) is 5.29. The molecule has 0 atom stereocenters. The van der Waals surface area contributed by atoms with Crippen LogP contribution in [0.3, 0.4) is 0 Å². The number of aryl methyl sites for hydroxylation is 1. The molecule has 2 aromatic carbocycles. The number of nitrogens with zero attached hydrogens (tertiary/aromatic N) is 2. The third kappa shape index (κ3) is 3.90. The summed E-state index contributed by atoms with van der Waals surface area (Å²) in [6, 6.07) is 16.0. The molecule has 1 aromatic heterocycles. The van der Waals surface area contributed by atoms with Gasteiger partial charge in [0.05, 0.1) is 6.61 Å². The monoisotopic (exact) mass is 328 g/mol. The first-order chi connectivity index (χ1) is 11.7. The fourth-order valence-electron chi connectivity index (χ4n) is 2.33. The Morgan fingerprint density at radius 3 is 2.58 bits per heavy atom. The van der Waals surface area contributed by atoms with Crippen LogP contribution in [0, 0.1) is 5.82 Å². The molecule has 24 heavy (non-hydrogen) atoms. The minimum Gasteiger partial charge on any atom is -0.449 e. The summed E-state index contributed by atoms with van der Waals surface area (Å²) < 4.78 is 24.8. The maximum absolute atomic E-state index is 13.7. The van der Waals surface area contributed by atoms with E-state index in [1.54, 1.807) is 6.07 Å². The van der Waals surface area contributed by atoms with Crippen LogP contribution in [-0.2, 0) is 6.42 Å². The average molecular weight is 328 g/mol. The Labute approximate surface area is 138 Å². The fourth-order valence-corrected chi connectivity index (χ4v) is 2.33. The van der Waals surface area contributed by atoms with Gasteiger partial charge in [-0.25, -0.2) is 9.18 Å². The predicted octanol–water partition coefficient (Wildman–Crippen LogP) is 3.37. The summed E-state index contributed by atoms with van der Waals surface area (Å²) >= 11 is 0. The summed E-state index contributed by atoms with van der Waals surface area (Å²) in [7, 11) is 0. The first-order valence-corrected chi connectivity index (χ1v) is 7.76. The van der Waals surface area contributed by atoms with Crippen molar-refractivity contribution in [1.29, 1.82) is 0 Å². The molecule has 5 nitrogen and oxygen atoms in total. The molecular weight excluding hydrogens is 311 g/mol. The van der Waals surface area contributed by atoms with Gasteiger partial charge in [-0.05, 0) is 37.0 Å². The SMILES string of the molecule is O=c1oc(OCCCCc2ccccc2)nn1-c1ccccc1F. The number of unbranched alkanes of at least 4 members (excludes halogenated alkanes) is 1. The van der Waals surface area contributed by atoms with Gasteiger partial charge in [-0.2, -0.15) is 4.68 Å². The van der Waals surface area contributed by atoms with Crippen molar-refractivity contribution in [1.82, 2.24) is 9.78 Å². The molecule has 0 aliphatic heterocycles. The zero-order chi connectivity index (χ0) is 16.8. The van der Waals surface area contributed by atoms with Gasteiger partial charge in [0.15, 0.2) is 0 Å². The Kier molecular flexibility index (Phi) is 5.05. The van der Waals surface area contributed by atoms with Crippen LogP contribution in [0.1, 0.15) is 18.4 Å². The van der Waals surface area contributed by atoms with Crippen LogP contribution in [-0.4, -0.2) is 16.4 Å². The van der Waals surface area contributed by atoms with Gasteiger partial charge in [0, 0.05) is 0 Å². The lowest BCUT2D eigenvalue weighted by Crippen LogP contribution is -2.14. The molecule has 0 bridgehead atoms. The summed E-state index contributed by atoms with van der Waals surface area (Å²) in [6.07, 6.45) is 2.55. The lowest BCUT2D eigenvalue weighted by atomic mass is 10.1. The van der Waals surface area contributed by atoms with E-state index in [0.29, 0.717) is 6.61 Å². The van der Waals surface area contributed by atoms with Crippen LogP contribution in [0.25, 0.3) is 5.69 Å². The summed E-state index contributed by atoms with van der Waals surface area (Å²) in [5.74, 6) is -1.33. The lowest BCUT2D eigenvalue weighted by molar-refractivity contribution is 0.220. The number of aromatic nitrogens is 2. The lowest BCUT2D eigenvalue weighted by Gasteiger charge is -2.02. The molecule has 0 aliphatic carbocycles. The van der Waals surface area contributed by atoms with E-state index >= 15 is 0 Å². The van der Waals surface area contributed by atoms with Crippen LogP contribution in [0.15, 0.2) is 63.8 Å². The van der Waals surface area contributed by atoms with E-state index in [2.05, 4.69) is 17.2 Å². The van der Waals surface area contributed by atoms with Crippen molar-refractivity contribution in [3.8, 4) is 11.8 Å². The van der Waals surface area contributed by atoms with Crippen LogP contribution >= 0.6 is 0 Å². The molecule has 1 heterocycles. The molecule has 3 rings (SSSR count). The van der Waals surface area contributed by atoms with E-state index in [4.69, 9.17) is 9.15 Å². The van der Waals surface area contributed by atoms with E-state index in [1.807, 2.05) is 18.2 Å². The van der Waals surface area contributed by atoms with Crippen molar-refractivity contribution in [2.24, 2.45) is 0 Å². The highest BCUT2D eigenvalue weighted by atomic mass is 19.1. The van der Waals surface area contributed by atoms with Gasteiger partial charge in [-0.3, -0.25) is 0 Å². The maximum Gasteiger partial charge on any atom is 0.444 e. The molecular formula is C18H17FN2O3. The highest BCUT2D eigenvalue weighted by molar-refractivity contribution is 5.31. The van der Waals surface area contributed by atoms with Crippen molar-refractivity contribution >= 4 is 0 Å². The van der Waals surface area contributed by atoms with Crippen molar-refractivity contribution in [3.05, 3.63) is 76.5 Å². The summed E-state index contributed by atoms with van der Waals surface area (Å²) in [5, 5.41) is 3.87. The number of halogens is 1. The van der Waals surface area contributed by atoms with E-state index in [0.717, 1.165) is 23.9 Å². The largest absolute Gasteiger partial charge is 0.449 e. The van der Waals surface area contributed by atoms with E-state index in [-0.39, 0.29) is 11.8 Å². The summed E-state index contributed by atoms with van der Waals surface area (Å²) in [6.45, 7) is 0.379. The van der Waals surface area contributed by atoms with Crippen molar-refractivity contribution in [2.45, 2.75) is 19.3 Å². The number of hydrogen-bond acceptors (Lipinski definition) is 4. The molecule has 124 valence electrons. The van der Waals surface area contributed by atoms with E-state index < -0.39 is 11.6 Å². The topological polar surface area (TPSA) is 57.3 Å². The molecule has 0 radical (unpaired) electrons. The minimum atomic E-state index is -0.778. The van der Waals surface area contributed by atoms with Crippen LogP contribution < -0.4 is 10.5 Å². The fraction of sp³-hybridized carbons (Fsp3) is 0.222. The van der Waals surface area contributed by atoms with Gasteiger partial charge in [0.2, 0.25) is 0 Å². The van der Waals surface area contributed by atoms with Crippen LogP contribution in [0.4, 0.5) is 4.39 Å². The van der Waals surface area contributed by atoms with Gasteiger partial charge in [0.25, 0.3) is 0 Å². The Hall–Kier alpha value is -2.89. The molecule has 0 aliphatic rings. The summed E-state index contributed by atoms with van der Waals surface area (Å²) in [4.78, 5) is 11.8. The Morgan fingerprint density at radius 1 is 1.04 bits per heavy atom. The maximum atomic E-state index is 13.7. The first-order valence-electron chi connectivity index (χ1n) is 7.76. The van der Waals surface area contributed by atoms with Gasteiger partial charge >= 0.3 is 11.8 Å². The van der Waals surface area contributed by atoms with Crippen molar-refractivity contribution in [3.63, 3.8) is 0 Å². The molecule has 0 saturated heterocycles. The second kappa shape index (κ2) is 7.59. The normalized spacial score (nSPS) is 10.7. The predicted molar refractivity (Wildman–Crippen MR) is 86.9 cm³/mol. The van der Waals surface area contributed by atoms with Gasteiger partial charge in [-0.1, -0.05) is 47.6 Å². The number of benzene rings is 2. The van der Waals surface area contributed by atoms with Crippen molar-refractivity contribution < 1.29 is 13.5 Å². The second-order valence-corrected chi connectivity index (χ2v) is 5.29. The van der Waals surface area contributed by atoms with E-state index in [9.17, 15) is 9.18 Å². The molecule has 3 aromatic rings. The van der Waals surface area contributed by atoms with Crippen molar-refractivity contribution in [2.75, 3.05) is 6.61 Å². The standard InChI is InChI=1S/C18H17FN2O3/c19-15-11-4-5-12-16(15)21-18(22)24-17(20-21)23-13-7-6-10-14-8-2-1-3-9-14/h1-5,8-9,11-12H,6-7,10,13H2. The summed E-state index contributed by atoms with van der Waals surface area (Å²) in [5.41, 5.74) is 1.30. The third-order valence-electron chi connectivity index (χ3n) is 3.54. The zero-order valence-corrected chi connectivity index (χ0v) is 13.0.